The Kier molecular flexibility index (Phi) is 4.53. The van der Waals surface area contributed by atoms with Crippen molar-refractivity contribution in [2.75, 3.05) is 19.6 Å². The van der Waals surface area contributed by atoms with Crippen molar-refractivity contribution in [2.24, 2.45) is 0 Å². The Labute approximate surface area is 129 Å². The highest BCUT2D eigenvalue weighted by molar-refractivity contribution is 5.46. The largest absolute Gasteiger partial charge is 0.465 e. The van der Waals surface area contributed by atoms with Crippen molar-refractivity contribution in [3.05, 3.63) is 58.2 Å². The summed E-state index contributed by atoms with van der Waals surface area (Å²) in [4.78, 5) is 20.8. The third-order valence-electron chi connectivity index (χ3n) is 4.03. The molecular formula is C17H21N3O2. The van der Waals surface area contributed by atoms with Gasteiger partial charge in [-0.25, -0.2) is 4.98 Å². The summed E-state index contributed by atoms with van der Waals surface area (Å²) in [5, 5.41) is 0. The molecule has 1 unspecified atom stereocenters. The number of likely N-dealkylation sites (tertiary alicyclic amines) is 1. The van der Waals surface area contributed by atoms with E-state index in [-0.39, 0.29) is 5.56 Å². The minimum absolute atomic E-state index is 0.0731. The summed E-state index contributed by atoms with van der Waals surface area (Å²) in [6.07, 6.45) is 7.49. The first kappa shape index (κ1) is 14.8. The highest BCUT2D eigenvalue weighted by atomic mass is 16.3. The van der Waals surface area contributed by atoms with Crippen molar-refractivity contribution >= 4 is 6.08 Å². The van der Waals surface area contributed by atoms with Gasteiger partial charge in [0.1, 0.15) is 5.76 Å². The second-order valence-corrected chi connectivity index (χ2v) is 5.92. The molecule has 0 bridgehead atoms. The topological polar surface area (TPSA) is 62.1 Å². The van der Waals surface area contributed by atoms with Crippen molar-refractivity contribution in [3.63, 3.8) is 0 Å². The van der Waals surface area contributed by atoms with Crippen LogP contribution in [0.25, 0.3) is 6.08 Å². The molecule has 0 aliphatic carbocycles. The van der Waals surface area contributed by atoms with Crippen LogP contribution >= 0.6 is 0 Å². The van der Waals surface area contributed by atoms with E-state index in [9.17, 15) is 4.79 Å². The third-order valence-corrected chi connectivity index (χ3v) is 4.03. The lowest BCUT2D eigenvalue weighted by Crippen LogP contribution is -2.36. The summed E-state index contributed by atoms with van der Waals surface area (Å²) in [5.74, 6) is 1.23. The van der Waals surface area contributed by atoms with E-state index in [1.165, 1.54) is 11.9 Å². The van der Waals surface area contributed by atoms with E-state index in [2.05, 4.69) is 27.9 Å². The van der Waals surface area contributed by atoms with E-state index in [0.717, 1.165) is 43.9 Å². The summed E-state index contributed by atoms with van der Waals surface area (Å²) in [6.45, 7) is 5.07. The number of furan rings is 1. The van der Waals surface area contributed by atoms with Gasteiger partial charge in [-0.2, -0.15) is 0 Å². The molecule has 1 atom stereocenters. The molecule has 0 spiro atoms. The normalized spacial score (nSPS) is 20.2. The molecule has 1 aliphatic heterocycles. The van der Waals surface area contributed by atoms with Gasteiger partial charge in [0.15, 0.2) is 0 Å². The molecule has 116 valence electrons. The maximum Gasteiger partial charge on any atom is 0.250 e. The standard InChI is InChI=1S/C17H21N3O2/c1-13(8-15-5-3-7-22-15)10-20-6-2-4-14(11-20)16-9-17(21)19-12-18-16/h3,5,7-9,12,14H,2,4,6,10-11H2,1H3,(H,18,19,21). The van der Waals surface area contributed by atoms with Gasteiger partial charge in [-0.15, -0.1) is 0 Å². The van der Waals surface area contributed by atoms with Crippen LogP contribution in [0.4, 0.5) is 0 Å². The van der Waals surface area contributed by atoms with Crippen molar-refractivity contribution in [3.8, 4) is 0 Å². The van der Waals surface area contributed by atoms with E-state index in [1.54, 1.807) is 12.3 Å². The van der Waals surface area contributed by atoms with Crippen molar-refractivity contribution < 1.29 is 4.42 Å². The lowest BCUT2D eigenvalue weighted by molar-refractivity contribution is 0.222. The van der Waals surface area contributed by atoms with E-state index in [1.807, 2.05) is 12.1 Å². The Balaban J connectivity index is 1.64. The predicted octanol–water partition coefficient (Wildman–Crippen LogP) is 2.65. The summed E-state index contributed by atoms with van der Waals surface area (Å²) in [6, 6.07) is 5.48. The van der Waals surface area contributed by atoms with Crippen LogP contribution in [0.3, 0.4) is 0 Å². The van der Waals surface area contributed by atoms with Gasteiger partial charge in [-0.1, -0.05) is 5.57 Å². The second kappa shape index (κ2) is 6.75. The number of aromatic nitrogens is 2. The lowest BCUT2D eigenvalue weighted by atomic mass is 9.94. The molecule has 1 N–H and O–H groups in total. The fourth-order valence-corrected chi connectivity index (χ4v) is 3.06. The molecule has 3 rings (SSSR count). The maximum absolute atomic E-state index is 11.4. The van der Waals surface area contributed by atoms with Crippen LogP contribution in [0.5, 0.6) is 0 Å². The number of nitrogens with one attached hydrogen (secondary N) is 1. The first-order valence-electron chi connectivity index (χ1n) is 7.68. The quantitative estimate of drug-likeness (QED) is 0.942. The summed E-state index contributed by atoms with van der Waals surface area (Å²) < 4.78 is 5.35. The zero-order chi connectivity index (χ0) is 15.4. The van der Waals surface area contributed by atoms with Gasteiger partial charge in [-0.05, 0) is 44.5 Å². The number of H-pyrrole nitrogens is 1. The first-order chi connectivity index (χ1) is 10.7. The number of aromatic amines is 1. The molecule has 1 fully saturated rings. The maximum atomic E-state index is 11.4. The van der Waals surface area contributed by atoms with Gasteiger partial charge in [-0.3, -0.25) is 9.69 Å². The average Bonchev–Trinajstić information content (AvgIpc) is 3.00. The van der Waals surface area contributed by atoms with Crippen LogP contribution in [0.15, 0.2) is 45.6 Å². The molecule has 0 radical (unpaired) electrons. The molecule has 22 heavy (non-hydrogen) atoms. The fraction of sp³-hybridized carbons (Fsp3) is 0.412. The Morgan fingerprint density at radius 1 is 1.59 bits per heavy atom. The second-order valence-electron chi connectivity index (χ2n) is 5.92. The monoisotopic (exact) mass is 299 g/mol. The van der Waals surface area contributed by atoms with Crippen LogP contribution in [0, 0.1) is 0 Å². The van der Waals surface area contributed by atoms with Gasteiger partial charge < -0.3 is 9.40 Å². The van der Waals surface area contributed by atoms with Crippen molar-refractivity contribution in [2.45, 2.75) is 25.7 Å². The number of nitrogens with zero attached hydrogens (tertiary/aromatic N) is 2. The Bertz CT molecular complexity index is 688. The van der Waals surface area contributed by atoms with E-state index >= 15 is 0 Å². The molecule has 0 amide bonds. The van der Waals surface area contributed by atoms with Gasteiger partial charge in [0.2, 0.25) is 0 Å². The van der Waals surface area contributed by atoms with Crippen LogP contribution in [-0.4, -0.2) is 34.5 Å². The van der Waals surface area contributed by atoms with Gasteiger partial charge >= 0.3 is 0 Å². The molecule has 3 heterocycles. The van der Waals surface area contributed by atoms with Crippen molar-refractivity contribution in [1.29, 1.82) is 0 Å². The molecule has 2 aromatic heterocycles. The molecule has 5 heteroatoms. The van der Waals surface area contributed by atoms with Crippen LogP contribution in [0.1, 0.15) is 37.1 Å². The summed E-state index contributed by atoms with van der Waals surface area (Å²) in [7, 11) is 0. The molecule has 0 saturated carbocycles. The van der Waals surface area contributed by atoms with Crippen LogP contribution in [-0.2, 0) is 0 Å². The number of rotatable bonds is 4. The van der Waals surface area contributed by atoms with E-state index in [4.69, 9.17) is 4.42 Å². The van der Waals surface area contributed by atoms with Gasteiger partial charge in [0.05, 0.1) is 18.3 Å². The molecule has 1 saturated heterocycles. The predicted molar refractivity (Wildman–Crippen MR) is 85.6 cm³/mol. The SMILES string of the molecule is CC(=Cc1ccco1)CN1CCCC(c2cc(=O)[nH]cn2)C1. The zero-order valence-electron chi connectivity index (χ0n) is 12.8. The highest BCUT2D eigenvalue weighted by Gasteiger charge is 2.22. The number of piperidine rings is 1. The minimum atomic E-state index is -0.0731. The van der Waals surface area contributed by atoms with Gasteiger partial charge in [0, 0.05) is 25.1 Å². The fourth-order valence-electron chi connectivity index (χ4n) is 3.06. The smallest absolute Gasteiger partial charge is 0.250 e. The zero-order valence-corrected chi connectivity index (χ0v) is 12.8. The molecule has 0 aromatic carbocycles. The first-order valence-corrected chi connectivity index (χ1v) is 7.68. The number of hydrogen-bond acceptors (Lipinski definition) is 4. The Morgan fingerprint density at radius 3 is 3.27 bits per heavy atom. The summed E-state index contributed by atoms with van der Waals surface area (Å²) >= 11 is 0. The Hall–Kier alpha value is -2.14. The lowest BCUT2D eigenvalue weighted by Gasteiger charge is -2.32. The number of hydrogen-bond donors (Lipinski definition) is 1. The average molecular weight is 299 g/mol. The third kappa shape index (κ3) is 3.74. The molecule has 5 nitrogen and oxygen atoms in total. The van der Waals surface area contributed by atoms with Crippen molar-refractivity contribution in [1.82, 2.24) is 14.9 Å². The Morgan fingerprint density at radius 2 is 2.50 bits per heavy atom. The van der Waals surface area contributed by atoms with E-state index in [0.29, 0.717) is 5.92 Å². The van der Waals surface area contributed by atoms with E-state index < -0.39 is 0 Å². The van der Waals surface area contributed by atoms with Gasteiger partial charge in [0.25, 0.3) is 5.56 Å². The molecular weight excluding hydrogens is 278 g/mol. The van der Waals surface area contributed by atoms with Crippen LogP contribution < -0.4 is 5.56 Å². The minimum Gasteiger partial charge on any atom is -0.465 e. The molecule has 1 aliphatic rings. The highest BCUT2D eigenvalue weighted by Crippen LogP contribution is 2.25. The van der Waals surface area contributed by atoms with Crippen LogP contribution in [0.2, 0.25) is 0 Å². The summed E-state index contributed by atoms with van der Waals surface area (Å²) in [5.41, 5.74) is 2.10. The molecule has 2 aromatic rings.